The van der Waals surface area contributed by atoms with Gasteiger partial charge >= 0.3 is 5.97 Å². The average molecular weight is 242 g/mol. The number of esters is 1. The molecular weight excluding hydrogens is 228 g/mol. The highest BCUT2D eigenvalue weighted by Gasteiger charge is 2.22. The van der Waals surface area contributed by atoms with Gasteiger partial charge in [-0.05, 0) is 31.0 Å². The van der Waals surface area contributed by atoms with Crippen molar-refractivity contribution in [3.05, 3.63) is 28.8 Å². The van der Waals surface area contributed by atoms with Gasteiger partial charge in [0.15, 0.2) is 9.84 Å². The SMILES string of the molecule is COC(=O)c1c(S(C)(=O)=O)ccc(C)c1C. The smallest absolute Gasteiger partial charge is 0.339 e. The highest BCUT2D eigenvalue weighted by atomic mass is 32.2. The van der Waals surface area contributed by atoms with Crippen molar-refractivity contribution in [3.8, 4) is 0 Å². The lowest BCUT2D eigenvalue weighted by molar-refractivity contribution is 0.0595. The Morgan fingerprint density at radius 3 is 2.25 bits per heavy atom. The zero-order valence-electron chi connectivity index (χ0n) is 9.70. The van der Waals surface area contributed by atoms with E-state index in [0.29, 0.717) is 5.56 Å². The minimum atomic E-state index is -3.43. The Kier molecular flexibility index (Phi) is 3.38. The molecule has 0 N–H and O–H groups in total. The number of sulfone groups is 1. The molecule has 0 radical (unpaired) electrons. The van der Waals surface area contributed by atoms with Gasteiger partial charge in [0.25, 0.3) is 0 Å². The third kappa shape index (κ3) is 2.24. The number of ether oxygens (including phenoxy) is 1. The number of carbonyl (C=O) groups is 1. The summed E-state index contributed by atoms with van der Waals surface area (Å²) < 4.78 is 27.7. The molecule has 0 bridgehead atoms. The Morgan fingerprint density at radius 1 is 1.25 bits per heavy atom. The quantitative estimate of drug-likeness (QED) is 0.737. The summed E-state index contributed by atoms with van der Waals surface area (Å²) in [6.07, 6.45) is 1.07. The molecule has 0 aliphatic rings. The minimum absolute atomic E-state index is 0.0162. The molecule has 0 amide bonds. The Bertz CT molecular complexity index is 529. The maximum atomic E-state index is 11.6. The van der Waals surface area contributed by atoms with Crippen LogP contribution in [-0.4, -0.2) is 27.8 Å². The Labute approximate surface area is 95.2 Å². The van der Waals surface area contributed by atoms with Gasteiger partial charge in [0, 0.05) is 6.26 Å². The molecule has 0 unspecified atom stereocenters. The summed E-state index contributed by atoms with van der Waals surface area (Å²) >= 11 is 0. The van der Waals surface area contributed by atoms with E-state index in [2.05, 4.69) is 4.74 Å². The number of aryl methyl sites for hydroxylation is 1. The van der Waals surface area contributed by atoms with Crippen molar-refractivity contribution in [2.75, 3.05) is 13.4 Å². The molecule has 0 heterocycles. The second kappa shape index (κ2) is 4.25. The summed E-state index contributed by atoms with van der Waals surface area (Å²) in [4.78, 5) is 11.6. The van der Waals surface area contributed by atoms with Crippen LogP contribution in [0.1, 0.15) is 21.5 Å². The lowest BCUT2D eigenvalue weighted by Gasteiger charge is -2.11. The van der Waals surface area contributed by atoms with Crippen LogP contribution in [0.4, 0.5) is 0 Å². The van der Waals surface area contributed by atoms with Crippen molar-refractivity contribution in [3.63, 3.8) is 0 Å². The van der Waals surface area contributed by atoms with E-state index in [1.807, 2.05) is 6.92 Å². The molecule has 0 saturated carbocycles. The minimum Gasteiger partial charge on any atom is -0.465 e. The molecule has 0 atom stereocenters. The normalized spacial score (nSPS) is 11.2. The molecule has 88 valence electrons. The van der Waals surface area contributed by atoms with E-state index in [-0.39, 0.29) is 10.5 Å². The molecule has 0 spiro atoms. The molecule has 0 fully saturated rings. The monoisotopic (exact) mass is 242 g/mol. The average Bonchev–Trinajstić information content (AvgIpc) is 2.19. The third-order valence-corrected chi connectivity index (χ3v) is 3.63. The molecule has 0 aliphatic heterocycles. The lowest BCUT2D eigenvalue weighted by atomic mass is 10.0. The first-order chi connectivity index (χ1) is 7.29. The van der Waals surface area contributed by atoms with Crippen LogP contribution in [0.3, 0.4) is 0 Å². The lowest BCUT2D eigenvalue weighted by Crippen LogP contribution is -2.12. The number of benzene rings is 1. The Morgan fingerprint density at radius 2 is 1.81 bits per heavy atom. The van der Waals surface area contributed by atoms with Crippen LogP contribution < -0.4 is 0 Å². The second-order valence-corrected chi connectivity index (χ2v) is 5.63. The van der Waals surface area contributed by atoms with Gasteiger partial charge < -0.3 is 4.74 Å². The molecule has 4 nitrogen and oxygen atoms in total. The van der Waals surface area contributed by atoms with Crippen LogP contribution in [0.2, 0.25) is 0 Å². The molecule has 1 rings (SSSR count). The van der Waals surface area contributed by atoms with E-state index in [1.54, 1.807) is 13.0 Å². The molecule has 1 aromatic rings. The number of hydrogen-bond donors (Lipinski definition) is 0. The van der Waals surface area contributed by atoms with Crippen LogP contribution in [0, 0.1) is 13.8 Å². The number of methoxy groups -OCH3 is 1. The zero-order valence-corrected chi connectivity index (χ0v) is 10.5. The first kappa shape index (κ1) is 12.7. The molecule has 16 heavy (non-hydrogen) atoms. The summed E-state index contributed by atoms with van der Waals surface area (Å²) in [7, 11) is -2.20. The number of carbonyl (C=O) groups excluding carboxylic acids is 1. The van der Waals surface area contributed by atoms with Crippen LogP contribution >= 0.6 is 0 Å². The highest BCUT2D eigenvalue weighted by molar-refractivity contribution is 7.90. The number of rotatable bonds is 2. The summed E-state index contributed by atoms with van der Waals surface area (Å²) in [6, 6.07) is 3.11. The van der Waals surface area contributed by atoms with E-state index >= 15 is 0 Å². The number of hydrogen-bond acceptors (Lipinski definition) is 4. The van der Waals surface area contributed by atoms with Gasteiger partial charge in [0.05, 0.1) is 17.6 Å². The molecule has 0 aliphatic carbocycles. The Balaban J connectivity index is 3.65. The molecule has 0 aromatic heterocycles. The van der Waals surface area contributed by atoms with Gasteiger partial charge in [-0.25, -0.2) is 13.2 Å². The molecule has 0 saturated heterocycles. The molecule has 5 heteroatoms. The summed E-state index contributed by atoms with van der Waals surface area (Å²) in [5.41, 5.74) is 1.62. The predicted molar refractivity (Wildman–Crippen MR) is 60.4 cm³/mol. The highest BCUT2D eigenvalue weighted by Crippen LogP contribution is 2.23. The van der Waals surface area contributed by atoms with Gasteiger partial charge in [-0.1, -0.05) is 6.07 Å². The largest absolute Gasteiger partial charge is 0.465 e. The fourth-order valence-electron chi connectivity index (χ4n) is 1.46. The van der Waals surface area contributed by atoms with Gasteiger partial charge in [-0.2, -0.15) is 0 Å². The van der Waals surface area contributed by atoms with Crippen LogP contribution in [0.5, 0.6) is 0 Å². The molecule has 1 aromatic carbocycles. The van der Waals surface area contributed by atoms with Crippen LogP contribution in [0.15, 0.2) is 17.0 Å². The fraction of sp³-hybridized carbons (Fsp3) is 0.364. The standard InChI is InChI=1S/C11H14O4S/c1-7-5-6-9(16(4,13)14)10(8(7)2)11(12)15-3/h5-6H,1-4H3. The summed E-state index contributed by atoms with van der Waals surface area (Å²) in [6.45, 7) is 3.52. The maximum absolute atomic E-state index is 11.6. The molecular formula is C11H14O4S. The maximum Gasteiger partial charge on any atom is 0.339 e. The van der Waals surface area contributed by atoms with E-state index in [9.17, 15) is 13.2 Å². The van der Waals surface area contributed by atoms with Gasteiger partial charge in [0.2, 0.25) is 0 Å². The zero-order chi connectivity index (χ0) is 12.5. The van der Waals surface area contributed by atoms with E-state index in [0.717, 1.165) is 11.8 Å². The van der Waals surface area contributed by atoms with E-state index < -0.39 is 15.8 Å². The van der Waals surface area contributed by atoms with Crippen molar-refractivity contribution < 1.29 is 17.9 Å². The van der Waals surface area contributed by atoms with Crippen molar-refractivity contribution in [2.24, 2.45) is 0 Å². The van der Waals surface area contributed by atoms with Gasteiger partial charge in [-0.3, -0.25) is 0 Å². The topological polar surface area (TPSA) is 60.4 Å². The predicted octanol–water partition coefficient (Wildman–Crippen LogP) is 1.49. The van der Waals surface area contributed by atoms with Gasteiger partial charge in [0.1, 0.15) is 0 Å². The first-order valence-corrected chi connectivity index (χ1v) is 6.56. The Hall–Kier alpha value is -1.36. The second-order valence-electron chi connectivity index (χ2n) is 3.64. The van der Waals surface area contributed by atoms with Crippen molar-refractivity contribution in [1.82, 2.24) is 0 Å². The first-order valence-electron chi connectivity index (χ1n) is 4.67. The summed E-state index contributed by atoms with van der Waals surface area (Å²) in [5.74, 6) is -0.623. The van der Waals surface area contributed by atoms with Gasteiger partial charge in [-0.15, -0.1) is 0 Å². The van der Waals surface area contributed by atoms with Crippen molar-refractivity contribution in [2.45, 2.75) is 18.7 Å². The van der Waals surface area contributed by atoms with Crippen LogP contribution in [0.25, 0.3) is 0 Å². The van der Waals surface area contributed by atoms with E-state index in [4.69, 9.17) is 0 Å². The van der Waals surface area contributed by atoms with E-state index in [1.165, 1.54) is 13.2 Å². The summed E-state index contributed by atoms with van der Waals surface area (Å²) in [5, 5.41) is 0. The van der Waals surface area contributed by atoms with Crippen molar-refractivity contribution in [1.29, 1.82) is 0 Å². The van der Waals surface area contributed by atoms with Crippen LogP contribution in [-0.2, 0) is 14.6 Å². The fourth-order valence-corrected chi connectivity index (χ4v) is 2.38. The third-order valence-electron chi connectivity index (χ3n) is 2.49. The van der Waals surface area contributed by atoms with Crippen molar-refractivity contribution >= 4 is 15.8 Å².